The molecule has 3 rings (SSSR count). The molecular weight excluding hydrogens is 594 g/mol. The van der Waals surface area contributed by atoms with Crippen molar-refractivity contribution in [3.8, 4) is 11.1 Å². The van der Waals surface area contributed by atoms with Crippen molar-refractivity contribution in [2.45, 2.75) is 51.9 Å². The Morgan fingerprint density at radius 2 is 1.16 bits per heavy atom. The van der Waals surface area contributed by atoms with E-state index in [0.717, 1.165) is 11.3 Å². The van der Waals surface area contributed by atoms with Crippen LogP contribution in [-0.4, -0.2) is 43.6 Å². The van der Waals surface area contributed by atoms with E-state index in [9.17, 15) is 0 Å². The number of para-hydroxylation sites is 1. The zero-order chi connectivity index (χ0) is 27.7. The maximum Gasteiger partial charge on any atom is 0.0916 e. The molecule has 0 amide bonds. The van der Waals surface area contributed by atoms with Gasteiger partial charge in [0.2, 0.25) is 0 Å². The van der Waals surface area contributed by atoms with Crippen LogP contribution in [0.3, 0.4) is 0 Å². The van der Waals surface area contributed by atoms with Crippen molar-refractivity contribution in [2.75, 3.05) is 31.0 Å². The minimum absolute atomic E-state index is 0. The number of nitrogen functional groups attached to an aromatic ring is 1. The molecule has 0 aliphatic heterocycles. The summed E-state index contributed by atoms with van der Waals surface area (Å²) in [5.74, 6) is 0. The molecular formula is C29H42N2O3PPdS-. The standard InChI is InChI=1S/C16H28NP.C12H11N.CH4O3S.Pd/c1-15(2,3)18(16(4,5)6)14-11-9-13(10-12-14)17(7)8;13-12-9-5-4-8-11(12)10-6-2-1-3-7-10;1-5(2,3)4;/h9-12H,1-8H3;1-9H,13H2;1H3,(H,2,3,4);/p-1. The summed E-state index contributed by atoms with van der Waals surface area (Å²) >= 11 is 0. The molecule has 3 aromatic rings. The zero-order valence-electron chi connectivity index (χ0n) is 23.4. The average Bonchev–Trinajstić information content (AvgIpc) is 2.72. The number of nitrogens with zero attached hydrogens (tertiary/aromatic N) is 1. The summed E-state index contributed by atoms with van der Waals surface area (Å²) in [6.45, 7) is 14.2. The van der Waals surface area contributed by atoms with Gasteiger partial charge in [0.15, 0.2) is 0 Å². The van der Waals surface area contributed by atoms with Gasteiger partial charge in [-0.2, -0.15) is 0 Å². The predicted octanol–water partition coefficient (Wildman–Crippen LogP) is 6.55. The Labute approximate surface area is 240 Å². The van der Waals surface area contributed by atoms with Gasteiger partial charge in [-0.05, 0) is 39.4 Å². The molecule has 5 nitrogen and oxygen atoms in total. The van der Waals surface area contributed by atoms with Gasteiger partial charge in [0.05, 0.1) is 10.1 Å². The van der Waals surface area contributed by atoms with E-state index in [0.29, 0.717) is 16.6 Å². The molecule has 0 fully saturated rings. The molecule has 3 aromatic carbocycles. The fourth-order valence-corrected chi connectivity index (χ4v) is 8.07. The Morgan fingerprint density at radius 1 is 0.757 bits per heavy atom. The first-order valence-electron chi connectivity index (χ1n) is 11.8. The third kappa shape index (κ3) is 13.6. The molecule has 0 atom stereocenters. The summed E-state index contributed by atoms with van der Waals surface area (Å²) in [6, 6.07) is 27.2. The quantitative estimate of drug-likeness (QED) is 0.153. The number of rotatable bonds is 3. The third-order valence-corrected chi connectivity index (χ3v) is 8.51. The summed E-state index contributed by atoms with van der Waals surface area (Å²) in [5, 5.41) is 2.19. The maximum absolute atomic E-state index is 9.08. The molecule has 0 heterocycles. The first kappa shape index (κ1) is 35.3. The number of hydrogen-bond acceptors (Lipinski definition) is 5. The monoisotopic (exact) mass is 635 g/mol. The van der Waals surface area contributed by atoms with Gasteiger partial charge in [0.25, 0.3) is 0 Å². The molecule has 37 heavy (non-hydrogen) atoms. The summed E-state index contributed by atoms with van der Waals surface area (Å²) in [7, 11) is 0.0726. The minimum atomic E-state index is -3.92. The Balaban J connectivity index is 0.000000596. The van der Waals surface area contributed by atoms with Gasteiger partial charge in [-0.3, -0.25) is 0 Å². The van der Waals surface area contributed by atoms with Gasteiger partial charge in [0, 0.05) is 57.7 Å². The molecule has 0 bridgehead atoms. The van der Waals surface area contributed by atoms with Crippen LogP contribution in [-0.2, 0) is 30.5 Å². The molecule has 0 spiro atoms. The van der Waals surface area contributed by atoms with Gasteiger partial charge in [-0.15, -0.1) is 0 Å². The van der Waals surface area contributed by atoms with Crippen molar-refractivity contribution in [1.29, 1.82) is 0 Å². The second-order valence-corrected chi connectivity index (χ2v) is 16.0. The average molecular weight is 636 g/mol. The third-order valence-electron chi connectivity index (χ3n) is 5.01. The van der Waals surface area contributed by atoms with Crippen molar-refractivity contribution in [3.05, 3.63) is 78.9 Å². The van der Waals surface area contributed by atoms with Gasteiger partial charge in [0.1, 0.15) is 0 Å². The number of hydrogen-bond donors (Lipinski definition) is 1. The molecule has 0 radical (unpaired) electrons. The zero-order valence-corrected chi connectivity index (χ0v) is 26.7. The van der Waals surface area contributed by atoms with Crippen molar-refractivity contribution in [2.24, 2.45) is 0 Å². The fraction of sp³-hybridized carbons (Fsp3) is 0.379. The van der Waals surface area contributed by atoms with Gasteiger partial charge < -0.3 is 15.2 Å². The minimum Gasteiger partial charge on any atom is -0.748 e. The van der Waals surface area contributed by atoms with E-state index in [1.807, 2.05) is 42.5 Å². The fourth-order valence-electron chi connectivity index (χ4n) is 4.06. The number of benzene rings is 3. The Kier molecular flexibility index (Phi) is 14.3. The summed E-state index contributed by atoms with van der Waals surface area (Å²) < 4.78 is 27.2. The molecule has 0 unspecified atom stereocenters. The molecule has 8 heteroatoms. The Hall–Kier alpha value is -1.74. The van der Waals surface area contributed by atoms with E-state index in [1.54, 1.807) is 0 Å². The van der Waals surface area contributed by atoms with Crippen LogP contribution in [0.15, 0.2) is 78.9 Å². The van der Waals surface area contributed by atoms with E-state index in [4.69, 9.17) is 18.7 Å². The van der Waals surface area contributed by atoms with E-state index >= 15 is 0 Å². The van der Waals surface area contributed by atoms with Crippen LogP contribution in [0, 0.1) is 0 Å². The van der Waals surface area contributed by atoms with Gasteiger partial charge >= 0.3 is 0 Å². The second-order valence-electron chi connectivity index (χ2n) is 10.7. The van der Waals surface area contributed by atoms with Crippen LogP contribution in [0.5, 0.6) is 0 Å². The molecule has 0 aliphatic carbocycles. The first-order chi connectivity index (χ1) is 16.4. The van der Waals surface area contributed by atoms with E-state index in [-0.39, 0.29) is 28.3 Å². The molecule has 0 aliphatic rings. The van der Waals surface area contributed by atoms with Crippen molar-refractivity contribution < 1.29 is 33.4 Å². The SMILES string of the molecule is CN(C)c1ccc(P(C(C)(C)C)C(C)(C)C)cc1.CS(=O)(=O)[O-].Nc1ccccc1-c1ccccc1.[Pd]. The number of anilines is 2. The summed E-state index contributed by atoms with van der Waals surface area (Å²) in [4.78, 5) is 2.15. The molecule has 0 aromatic heterocycles. The maximum atomic E-state index is 9.08. The van der Waals surface area contributed by atoms with Crippen molar-refractivity contribution >= 4 is 34.7 Å². The van der Waals surface area contributed by atoms with Crippen LogP contribution >= 0.6 is 7.92 Å². The van der Waals surface area contributed by atoms with Crippen LogP contribution in [0.2, 0.25) is 0 Å². The molecule has 208 valence electrons. The van der Waals surface area contributed by atoms with Gasteiger partial charge in [-0.25, -0.2) is 8.42 Å². The largest absolute Gasteiger partial charge is 0.748 e. The second kappa shape index (κ2) is 15.0. The smallest absolute Gasteiger partial charge is 0.0916 e. The number of nitrogens with two attached hydrogens (primary N) is 1. The van der Waals surface area contributed by atoms with Crippen LogP contribution in [0.1, 0.15) is 41.5 Å². The molecule has 2 N–H and O–H groups in total. The van der Waals surface area contributed by atoms with Crippen molar-refractivity contribution in [1.82, 2.24) is 0 Å². The van der Waals surface area contributed by atoms with E-state index < -0.39 is 10.1 Å². The van der Waals surface area contributed by atoms with Crippen LogP contribution in [0.4, 0.5) is 11.4 Å². The van der Waals surface area contributed by atoms with Crippen LogP contribution in [0.25, 0.3) is 11.1 Å². The van der Waals surface area contributed by atoms with Crippen LogP contribution < -0.4 is 15.9 Å². The topological polar surface area (TPSA) is 86.5 Å². The summed E-state index contributed by atoms with van der Waals surface area (Å²) in [6.07, 6.45) is 0.604. The van der Waals surface area contributed by atoms with E-state index in [2.05, 4.69) is 96.9 Å². The Bertz CT molecular complexity index is 1150. The van der Waals surface area contributed by atoms with E-state index in [1.165, 1.54) is 16.6 Å². The molecule has 0 saturated heterocycles. The molecule has 0 saturated carbocycles. The van der Waals surface area contributed by atoms with Gasteiger partial charge in [-0.1, -0.05) is 110 Å². The normalized spacial score (nSPS) is 11.3. The Morgan fingerprint density at radius 3 is 1.54 bits per heavy atom. The first-order valence-corrected chi connectivity index (χ1v) is 15.0. The predicted molar refractivity (Wildman–Crippen MR) is 159 cm³/mol. The van der Waals surface area contributed by atoms with Crippen molar-refractivity contribution in [3.63, 3.8) is 0 Å². The summed E-state index contributed by atoms with van der Waals surface area (Å²) in [5.41, 5.74) is 10.2.